The van der Waals surface area contributed by atoms with Crippen molar-refractivity contribution in [1.29, 1.82) is 0 Å². The SMILES string of the molecule is CCCNCc1c(S(=O)(=O)Nc2ccsc2)n[nH]c1C. The number of anilines is 1. The lowest BCUT2D eigenvalue weighted by Crippen LogP contribution is -2.19. The molecule has 2 rings (SSSR count). The number of nitrogens with zero attached hydrogens (tertiary/aromatic N) is 1. The second-order valence-corrected chi connectivity index (χ2v) is 6.80. The Morgan fingerprint density at radius 1 is 1.45 bits per heavy atom. The minimum absolute atomic E-state index is 0.0600. The van der Waals surface area contributed by atoms with Gasteiger partial charge in [-0.15, -0.1) is 0 Å². The molecule has 0 amide bonds. The molecule has 0 aromatic carbocycles. The third kappa shape index (κ3) is 3.38. The van der Waals surface area contributed by atoms with Crippen molar-refractivity contribution < 1.29 is 8.42 Å². The van der Waals surface area contributed by atoms with Crippen LogP contribution in [0.5, 0.6) is 0 Å². The molecular formula is C12H18N4O2S2. The number of H-pyrrole nitrogens is 1. The molecule has 0 radical (unpaired) electrons. The van der Waals surface area contributed by atoms with Gasteiger partial charge in [-0.2, -0.15) is 24.9 Å². The van der Waals surface area contributed by atoms with Crippen molar-refractivity contribution in [2.45, 2.75) is 31.8 Å². The largest absolute Gasteiger partial charge is 0.313 e. The number of rotatable bonds is 7. The number of hydrogen-bond acceptors (Lipinski definition) is 5. The molecule has 0 spiro atoms. The van der Waals surface area contributed by atoms with E-state index in [4.69, 9.17) is 0 Å². The summed E-state index contributed by atoms with van der Waals surface area (Å²) in [5, 5.41) is 13.5. The normalized spacial score (nSPS) is 11.7. The van der Waals surface area contributed by atoms with Crippen molar-refractivity contribution in [3.8, 4) is 0 Å². The van der Waals surface area contributed by atoms with Crippen molar-refractivity contribution in [3.05, 3.63) is 28.1 Å². The van der Waals surface area contributed by atoms with E-state index in [1.54, 1.807) is 11.4 Å². The first-order chi connectivity index (χ1) is 9.54. The maximum absolute atomic E-state index is 12.3. The van der Waals surface area contributed by atoms with Crippen LogP contribution in [0.15, 0.2) is 21.9 Å². The second-order valence-electron chi connectivity index (χ2n) is 4.43. The van der Waals surface area contributed by atoms with Crippen LogP contribution in [-0.2, 0) is 16.6 Å². The molecule has 0 atom stereocenters. The van der Waals surface area contributed by atoms with E-state index < -0.39 is 10.0 Å². The van der Waals surface area contributed by atoms with E-state index in [1.165, 1.54) is 11.3 Å². The third-order valence-corrected chi connectivity index (χ3v) is 4.83. The van der Waals surface area contributed by atoms with Gasteiger partial charge in [-0.25, -0.2) is 0 Å². The van der Waals surface area contributed by atoms with E-state index in [0.29, 0.717) is 17.8 Å². The number of sulfonamides is 1. The highest BCUT2D eigenvalue weighted by molar-refractivity contribution is 7.92. The van der Waals surface area contributed by atoms with Crippen LogP contribution in [0.4, 0.5) is 5.69 Å². The van der Waals surface area contributed by atoms with Gasteiger partial charge >= 0.3 is 0 Å². The molecule has 8 heteroatoms. The summed E-state index contributed by atoms with van der Waals surface area (Å²) in [5.74, 6) is 0. The molecule has 20 heavy (non-hydrogen) atoms. The van der Waals surface area contributed by atoms with Gasteiger partial charge in [0.25, 0.3) is 10.0 Å². The molecule has 0 unspecified atom stereocenters. The van der Waals surface area contributed by atoms with Gasteiger partial charge < -0.3 is 5.32 Å². The molecule has 0 aliphatic carbocycles. The molecule has 0 bridgehead atoms. The zero-order valence-electron chi connectivity index (χ0n) is 11.4. The van der Waals surface area contributed by atoms with E-state index in [9.17, 15) is 8.42 Å². The van der Waals surface area contributed by atoms with Crippen LogP contribution < -0.4 is 10.0 Å². The number of thiophene rings is 1. The first kappa shape index (κ1) is 15.0. The summed E-state index contributed by atoms with van der Waals surface area (Å²) in [6.45, 7) is 5.20. The first-order valence-corrected chi connectivity index (χ1v) is 8.76. The Labute approximate surface area is 122 Å². The molecule has 0 saturated carbocycles. The molecule has 2 aromatic rings. The van der Waals surface area contributed by atoms with Crippen LogP contribution in [0.2, 0.25) is 0 Å². The molecule has 0 aliphatic heterocycles. The van der Waals surface area contributed by atoms with Crippen LogP contribution >= 0.6 is 11.3 Å². The van der Waals surface area contributed by atoms with Crippen molar-refractivity contribution in [3.63, 3.8) is 0 Å². The second kappa shape index (κ2) is 6.38. The Morgan fingerprint density at radius 2 is 2.25 bits per heavy atom. The zero-order chi connectivity index (χ0) is 14.6. The topological polar surface area (TPSA) is 86.9 Å². The minimum Gasteiger partial charge on any atom is -0.313 e. The van der Waals surface area contributed by atoms with Crippen LogP contribution in [0.3, 0.4) is 0 Å². The quantitative estimate of drug-likeness (QED) is 0.683. The molecular weight excluding hydrogens is 296 g/mol. The molecule has 2 heterocycles. The lowest BCUT2D eigenvalue weighted by atomic mass is 10.2. The van der Waals surface area contributed by atoms with Crippen LogP contribution in [-0.4, -0.2) is 25.2 Å². The summed E-state index contributed by atoms with van der Waals surface area (Å²) >= 11 is 1.43. The molecule has 0 fully saturated rings. The Balaban J connectivity index is 2.23. The van der Waals surface area contributed by atoms with Gasteiger partial charge in [0.1, 0.15) is 0 Å². The van der Waals surface area contributed by atoms with Crippen LogP contribution in [0.25, 0.3) is 0 Å². The number of hydrogen-bond donors (Lipinski definition) is 3. The van der Waals surface area contributed by atoms with Gasteiger partial charge in [-0.3, -0.25) is 9.82 Å². The van der Waals surface area contributed by atoms with E-state index >= 15 is 0 Å². The van der Waals surface area contributed by atoms with Gasteiger partial charge in [-0.05, 0) is 31.3 Å². The average Bonchev–Trinajstić information content (AvgIpc) is 3.00. The maximum atomic E-state index is 12.3. The van der Waals surface area contributed by atoms with Crippen LogP contribution in [0, 0.1) is 6.92 Å². The monoisotopic (exact) mass is 314 g/mol. The molecule has 0 aliphatic rings. The predicted octanol–water partition coefficient (Wildman–Crippen LogP) is 2.08. The zero-order valence-corrected chi connectivity index (χ0v) is 13.1. The van der Waals surface area contributed by atoms with Crippen molar-refractivity contribution >= 4 is 27.0 Å². The highest BCUT2D eigenvalue weighted by Crippen LogP contribution is 2.21. The van der Waals surface area contributed by atoms with Gasteiger partial charge in [0.15, 0.2) is 0 Å². The Hall–Kier alpha value is -1.38. The molecule has 6 nitrogen and oxygen atoms in total. The highest BCUT2D eigenvalue weighted by Gasteiger charge is 2.23. The van der Waals surface area contributed by atoms with E-state index in [2.05, 4.69) is 27.2 Å². The Morgan fingerprint density at radius 3 is 2.90 bits per heavy atom. The lowest BCUT2D eigenvalue weighted by Gasteiger charge is -2.07. The van der Waals surface area contributed by atoms with E-state index in [1.807, 2.05) is 12.3 Å². The average molecular weight is 314 g/mol. The smallest absolute Gasteiger partial charge is 0.281 e. The molecule has 2 aromatic heterocycles. The fourth-order valence-electron chi connectivity index (χ4n) is 1.78. The Kier molecular flexibility index (Phi) is 4.79. The highest BCUT2D eigenvalue weighted by atomic mass is 32.2. The summed E-state index contributed by atoms with van der Waals surface area (Å²) < 4.78 is 27.2. The Bertz CT molecular complexity index is 647. The molecule has 0 saturated heterocycles. The van der Waals surface area contributed by atoms with Crippen molar-refractivity contribution in [1.82, 2.24) is 15.5 Å². The third-order valence-electron chi connectivity index (χ3n) is 2.79. The fourth-order valence-corrected chi connectivity index (χ4v) is 3.69. The number of nitrogens with one attached hydrogen (secondary N) is 3. The molecule has 3 N–H and O–H groups in total. The summed E-state index contributed by atoms with van der Waals surface area (Å²) in [6.07, 6.45) is 0.992. The minimum atomic E-state index is -3.66. The standard InChI is InChI=1S/C12H18N4O2S2/c1-3-5-13-7-11-9(2)14-15-12(11)20(17,18)16-10-4-6-19-8-10/h4,6,8,13,16H,3,5,7H2,1-2H3,(H,14,15). The molecule has 110 valence electrons. The summed E-state index contributed by atoms with van der Waals surface area (Å²) in [5.41, 5.74) is 2.00. The van der Waals surface area contributed by atoms with E-state index in [-0.39, 0.29) is 5.03 Å². The van der Waals surface area contributed by atoms with Gasteiger partial charge in [-0.1, -0.05) is 6.92 Å². The fraction of sp³-hybridized carbons (Fsp3) is 0.417. The van der Waals surface area contributed by atoms with Crippen molar-refractivity contribution in [2.75, 3.05) is 11.3 Å². The number of aromatic amines is 1. The lowest BCUT2D eigenvalue weighted by molar-refractivity contribution is 0.593. The summed E-state index contributed by atoms with van der Waals surface area (Å²) in [6, 6.07) is 1.72. The summed E-state index contributed by atoms with van der Waals surface area (Å²) in [4.78, 5) is 0. The summed E-state index contributed by atoms with van der Waals surface area (Å²) in [7, 11) is -3.66. The maximum Gasteiger partial charge on any atom is 0.281 e. The first-order valence-electron chi connectivity index (χ1n) is 6.34. The predicted molar refractivity (Wildman–Crippen MR) is 80.4 cm³/mol. The van der Waals surface area contributed by atoms with Crippen molar-refractivity contribution in [2.24, 2.45) is 0 Å². The van der Waals surface area contributed by atoms with Gasteiger partial charge in [0.2, 0.25) is 5.03 Å². The number of aromatic nitrogens is 2. The van der Waals surface area contributed by atoms with E-state index in [0.717, 1.165) is 18.7 Å². The van der Waals surface area contributed by atoms with Crippen LogP contribution in [0.1, 0.15) is 24.6 Å². The van der Waals surface area contributed by atoms with Gasteiger partial charge in [0.05, 0.1) is 5.69 Å². The van der Waals surface area contributed by atoms with Gasteiger partial charge in [0, 0.05) is 23.2 Å². The number of aryl methyl sites for hydroxylation is 1.